The van der Waals surface area contributed by atoms with Crippen molar-refractivity contribution in [1.82, 2.24) is 14.4 Å². The van der Waals surface area contributed by atoms with Gasteiger partial charge in [0.2, 0.25) is 5.91 Å². The highest BCUT2D eigenvalue weighted by atomic mass is 16.5. The van der Waals surface area contributed by atoms with Crippen LogP contribution in [0.25, 0.3) is 0 Å². The molecule has 1 atom stereocenters. The van der Waals surface area contributed by atoms with Crippen LogP contribution >= 0.6 is 0 Å². The third-order valence-corrected chi connectivity index (χ3v) is 5.25. The lowest BCUT2D eigenvalue weighted by molar-refractivity contribution is -0.133. The Labute approximate surface area is 165 Å². The molecule has 1 aliphatic rings. The van der Waals surface area contributed by atoms with Crippen molar-refractivity contribution in [1.29, 1.82) is 0 Å². The van der Waals surface area contributed by atoms with Crippen LogP contribution in [-0.4, -0.2) is 59.7 Å². The maximum absolute atomic E-state index is 13.0. The van der Waals surface area contributed by atoms with Gasteiger partial charge in [0.05, 0.1) is 19.8 Å². The van der Waals surface area contributed by atoms with Crippen LogP contribution < -0.4 is 0 Å². The van der Waals surface area contributed by atoms with Gasteiger partial charge in [0.15, 0.2) is 0 Å². The first-order valence-electron chi connectivity index (χ1n) is 10.4. The van der Waals surface area contributed by atoms with Crippen LogP contribution in [0, 0.1) is 11.3 Å². The molecule has 2 rings (SSSR count). The standard InChI is InChI=1S/C22H39N3O2/c1-19(17-22(2,3)4)16-21(26)25(18-20-8-6-9-23(20)5)11-7-10-24-12-14-27-15-13-24/h6,8-9,19H,7,10-18H2,1-5H3. The quantitative estimate of drug-likeness (QED) is 0.661. The number of carbonyl (C=O) groups is 1. The third kappa shape index (κ3) is 8.06. The number of amides is 1. The molecule has 1 aliphatic heterocycles. The zero-order valence-electron chi connectivity index (χ0n) is 18.0. The molecule has 154 valence electrons. The summed E-state index contributed by atoms with van der Waals surface area (Å²) in [4.78, 5) is 17.5. The van der Waals surface area contributed by atoms with E-state index in [-0.39, 0.29) is 11.3 Å². The third-order valence-electron chi connectivity index (χ3n) is 5.25. The van der Waals surface area contributed by atoms with Crippen molar-refractivity contribution in [3.8, 4) is 0 Å². The summed E-state index contributed by atoms with van der Waals surface area (Å²) in [7, 11) is 2.05. The average Bonchev–Trinajstić information content (AvgIpc) is 2.98. The van der Waals surface area contributed by atoms with Crippen molar-refractivity contribution in [2.24, 2.45) is 18.4 Å². The maximum Gasteiger partial charge on any atom is 0.223 e. The highest BCUT2D eigenvalue weighted by molar-refractivity contribution is 5.76. The van der Waals surface area contributed by atoms with Gasteiger partial charge < -0.3 is 14.2 Å². The van der Waals surface area contributed by atoms with Crippen molar-refractivity contribution in [3.63, 3.8) is 0 Å². The molecule has 0 spiro atoms. The van der Waals surface area contributed by atoms with Gasteiger partial charge in [-0.2, -0.15) is 0 Å². The molecule has 0 bridgehead atoms. The topological polar surface area (TPSA) is 37.7 Å². The Morgan fingerprint density at radius 2 is 2.00 bits per heavy atom. The van der Waals surface area contributed by atoms with Crippen molar-refractivity contribution in [3.05, 3.63) is 24.0 Å². The number of hydrogen-bond acceptors (Lipinski definition) is 3. The molecule has 1 saturated heterocycles. The summed E-state index contributed by atoms with van der Waals surface area (Å²) < 4.78 is 7.54. The van der Waals surface area contributed by atoms with E-state index >= 15 is 0 Å². The van der Waals surface area contributed by atoms with E-state index in [1.54, 1.807) is 0 Å². The van der Waals surface area contributed by atoms with Crippen molar-refractivity contribution in [2.45, 2.75) is 53.5 Å². The lowest BCUT2D eigenvalue weighted by atomic mass is 9.84. The zero-order valence-corrected chi connectivity index (χ0v) is 18.0. The Morgan fingerprint density at radius 3 is 2.59 bits per heavy atom. The van der Waals surface area contributed by atoms with Crippen molar-refractivity contribution in [2.75, 3.05) is 39.4 Å². The first kappa shape index (κ1) is 22.0. The van der Waals surface area contributed by atoms with Gasteiger partial charge in [0, 0.05) is 51.5 Å². The second-order valence-corrected chi connectivity index (χ2v) is 9.31. The molecule has 0 aromatic carbocycles. The summed E-state index contributed by atoms with van der Waals surface area (Å²) in [6.07, 6.45) is 4.78. The highest BCUT2D eigenvalue weighted by Gasteiger charge is 2.22. The number of morpholine rings is 1. The number of carbonyl (C=O) groups excluding carboxylic acids is 1. The second kappa shape index (κ2) is 10.3. The van der Waals surface area contributed by atoms with Crippen LogP contribution in [0.4, 0.5) is 0 Å². The van der Waals surface area contributed by atoms with Gasteiger partial charge in [0.1, 0.15) is 0 Å². The minimum atomic E-state index is 0.263. The number of nitrogens with zero attached hydrogens (tertiary/aromatic N) is 3. The van der Waals surface area contributed by atoms with Crippen LogP contribution in [-0.2, 0) is 23.1 Å². The first-order chi connectivity index (χ1) is 12.7. The second-order valence-electron chi connectivity index (χ2n) is 9.31. The van der Waals surface area contributed by atoms with E-state index in [2.05, 4.69) is 48.1 Å². The van der Waals surface area contributed by atoms with Crippen LogP contribution in [0.15, 0.2) is 18.3 Å². The smallest absolute Gasteiger partial charge is 0.223 e. The van der Waals surface area contributed by atoms with Gasteiger partial charge in [-0.1, -0.05) is 27.7 Å². The maximum atomic E-state index is 13.0. The molecular formula is C22H39N3O2. The molecule has 0 saturated carbocycles. The van der Waals surface area contributed by atoms with Crippen molar-refractivity contribution < 1.29 is 9.53 Å². The number of rotatable bonds is 9. The van der Waals surface area contributed by atoms with E-state index in [0.29, 0.717) is 18.9 Å². The SMILES string of the molecule is CC(CC(=O)N(CCCN1CCOCC1)Cc1cccn1C)CC(C)(C)C. The fourth-order valence-corrected chi connectivity index (χ4v) is 4.00. The predicted octanol–water partition coefficient (Wildman–Crippen LogP) is 3.54. The van der Waals surface area contributed by atoms with E-state index < -0.39 is 0 Å². The monoisotopic (exact) mass is 377 g/mol. The number of aryl methyl sites for hydroxylation is 1. The number of aromatic nitrogens is 1. The summed E-state index contributed by atoms with van der Waals surface area (Å²) in [5, 5.41) is 0. The summed E-state index contributed by atoms with van der Waals surface area (Å²) in [6.45, 7) is 15.2. The lowest BCUT2D eigenvalue weighted by Crippen LogP contribution is -2.39. The Hall–Kier alpha value is -1.33. The highest BCUT2D eigenvalue weighted by Crippen LogP contribution is 2.26. The minimum absolute atomic E-state index is 0.263. The Kier molecular flexibility index (Phi) is 8.36. The largest absolute Gasteiger partial charge is 0.379 e. The van der Waals surface area contributed by atoms with Gasteiger partial charge in [-0.15, -0.1) is 0 Å². The molecule has 5 nitrogen and oxygen atoms in total. The van der Waals surface area contributed by atoms with Gasteiger partial charge in [-0.05, 0) is 36.3 Å². The molecule has 5 heteroatoms. The zero-order chi connectivity index (χ0) is 19.9. The fraction of sp³-hybridized carbons (Fsp3) is 0.773. The summed E-state index contributed by atoms with van der Waals surface area (Å²) >= 11 is 0. The van der Waals surface area contributed by atoms with Crippen LogP contribution in [0.3, 0.4) is 0 Å². The molecule has 27 heavy (non-hydrogen) atoms. The Morgan fingerprint density at radius 1 is 1.30 bits per heavy atom. The van der Waals surface area contributed by atoms with E-state index in [1.165, 1.54) is 5.69 Å². The van der Waals surface area contributed by atoms with Gasteiger partial charge in [0.25, 0.3) is 0 Å². The number of ether oxygens (including phenoxy) is 1. The first-order valence-corrected chi connectivity index (χ1v) is 10.4. The van der Waals surface area contributed by atoms with Crippen LogP contribution in [0.2, 0.25) is 0 Å². The number of hydrogen-bond donors (Lipinski definition) is 0. The summed E-state index contributed by atoms with van der Waals surface area (Å²) in [6, 6.07) is 4.16. The van der Waals surface area contributed by atoms with E-state index in [0.717, 1.165) is 52.2 Å². The summed E-state index contributed by atoms with van der Waals surface area (Å²) in [5.74, 6) is 0.697. The molecular weight excluding hydrogens is 338 g/mol. The van der Waals surface area contributed by atoms with Gasteiger partial charge in [-0.3, -0.25) is 9.69 Å². The molecule has 0 N–H and O–H groups in total. The van der Waals surface area contributed by atoms with Crippen molar-refractivity contribution >= 4 is 5.91 Å². The Balaban J connectivity index is 1.91. The average molecular weight is 378 g/mol. The normalized spacial score (nSPS) is 17.1. The van der Waals surface area contributed by atoms with Gasteiger partial charge in [-0.25, -0.2) is 0 Å². The van der Waals surface area contributed by atoms with E-state index in [4.69, 9.17) is 4.74 Å². The minimum Gasteiger partial charge on any atom is -0.379 e. The fourth-order valence-electron chi connectivity index (χ4n) is 4.00. The predicted molar refractivity (Wildman–Crippen MR) is 111 cm³/mol. The molecule has 1 aromatic rings. The van der Waals surface area contributed by atoms with Crippen LogP contribution in [0.5, 0.6) is 0 Å². The molecule has 2 heterocycles. The molecule has 0 aliphatic carbocycles. The molecule has 1 unspecified atom stereocenters. The van der Waals surface area contributed by atoms with Crippen LogP contribution in [0.1, 0.15) is 52.7 Å². The molecule has 1 fully saturated rings. The lowest BCUT2D eigenvalue weighted by Gasteiger charge is -2.29. The van der Waals surface area contributed by atoms with E-state index in [1.807, 2.05) is 19.3 Å². The Bertz CT molecular complexity index is 570. The van der Waals surface area contributed by atoms with Gasteiger partial charge >= 0.3 is 0 Å². The molecule has 0 radical (unpaired) electrons. The molecule has 1 aromatic heterocycles. The molecule has 1 amide bonds. The summed E-state index contributed by atoms with van der Waals surface area (Å²) in [5.41, 5.74) is 1.46. The van der Waals surface area contributed by atoms with E-state index in [9.17, 15) is 4.79 Å².